The Morgan fingerprint density at radius 1 is 1.41 bits per heavy atom. The number of carboxylic acids is 1. The summed E-state index contributed by atoms with van der Waals surface area (Å²) in [7, 11) is 0. The van der Waals surface area contributed by atoms with E-state index in [2.05, 4.69) is 30.5 Å². The second-order valence-electron chi connectivity index (χ2n) is 5.38. The lowest BCUT2D eigenvalue weighted by atomic mass is 10.3. The fourth-order valence-corrected chi connectivity index (χ4v) is 2.36. The lowest BCUT2D eigenvalue weighted by Crippen LogP contribution is -2.05. The Balaban J connectivity index is 1.59. The lowest BCUT2D eigenvalue weighted by Gasteiger charge is -2.07. The van der Waals surface area contributed by atoms with Crippen LogP contribution >= 0.6 is 0 Å². The van der Waals surface area contributed by atoms with E-state index in [1.165, 1.54) is 6.07 Å². The van der Waals surface area contributed by atoms with Gasteiger partial charge < -0.3 is 15.4 Å². The quantitative estimate of drug-likeness (QED) is 0.571. The van der Waals surface area contributed by atoms with Gasteiger partial charge in [-0.25, -0.2) is 14.8 Å². The summed E-state index contributed by atoms with van der Waals surface area (Å²) in [5, 5.41) is 19.5. The van der Waals surface area contributed by atoms with Gasteiger partial charge in [0.15, 0.2) is 5.69 Å². The predicted octanol–water partition coefficient (Wildman–Crippen LogP) is 1.87. The van der Waals surface area contributed by atoms with Gasteiger partial charge in [-0.2, -0.15) is 5.10 Å². The molecule has 0 unspecified atom stereocenters. The van der Waals surface area contributed by atoms with Crippen LogP contribution in [0, 0.1) is 0 Å². The molecular formula is C14H14N6O2. The van der Waals surface area contributed by atoms with E-state index in [1.807, 2.05) is 12.3 Å². The molecule has 0 aromatic carbocycles. The number of carboxylic acid groups (broad SMARTS) is 1. The molecule has 0 aliphatic heterocycles. The van der Waals surface area contributed by atoms with Gasteiger partial charge in [0, 0.05) is 12.1 Å². The number of carbonyl (C=O) groups is 1. The molecule has 3 aromatic heterocycles. The monoisotopic (exact) mass is 298 g/mol. The summed E-state index contributed by atoms with van der Waals surface area (Å²) < 4.78 is 0. The van der Waals surface area contributed by atoms with Gasteiger partial charge in [-0.05, 0) is 25.0 Å². The van der Waals surface area contributed by atoms with Crippen LogP contribution in [0.1, 0.15) is 40.8 Å². The number of aromatic carboxylic acids is 1. The van der Waals surface area contributed by atoms with Crippen molar-refractivity contribution in [2.75, 3.05) is 5.32 Å². The number of aromatic amines is 2. The van der Waals surface area contributed by atoms with Crippen molar-refractivity contribution in [3.63, 3.8) is 0 Å². The van der Waals surface area contributed by atoms with Crippen LogP contribution < -0.4 is 5.32 Å². The van der Waals surface area contributed by atoms with Crippen LogP contribution in [-0.2, 0) is 6.54 Å². The molecule has 0 bridgehead atoms. The van der Waals surface area contributed by atoms with Crippen LogP contribution in [0.25, 0.3) is 11.0 Å². The van der Waals surface area contributed by atoms with E-state index in [1.54, 1.807) is 0 Å². The molecule has 1 aliphatic carbocycles. The fraction of sp³-hybridized carbons (Fsp3) is 0.286. The Labute approximate surface area is 125 Å². The molecule has 8 heteroatoms. The molecule has 4 rings (SSSR count). The van der Waals surface area contributed by atoms with Crippen molar-refractivity contribution in [2.24, 2.45) is 0 Å². The molecule has 8 nitrogen and oxygen atoms in total. The van der Waals surface area contributed by atoms with E-state index in [-0.39, 0.29) is 5.69 Å². The molecule has 22 heavy (non-hydrogen) atoms. The number of hydrogen-bond acceptors (Lipinski definition) is 5. The first-order valence-electron chi connectivity index (χ1n) is 7.07. The summed E-state index contributed by atoms with van der Waals surface area (Å²) in [5.41, 5.74) is 1.51. The Hall–Kier alpha value is -2.90. The third kappa shape index (κ3) is 2.28. The summed E-state index contributed by atoms with van der Waals surface area (Å²) >= 11 is 0. The number of aromatic nitrogens is 5. The summed E-state index contributed by atoms with van der Waals surface area (Å²) in [6.07, 6.45) is 4.10. The summed E-state index contributed by atoms with van der Waals surface area (Å²) in [5.74, 6) is 1.01. The van der Waals surface area contributed by atoms with E-state index >= 15 is 0 Å². The average Bonchev–Trinajstić information content (AvgIpc) is 3.06. The maximum atomic E-state index is 10.8. The van der Waals surface area contributed by atoms with Crippen molar-refractivity contribution >= 4 is 22.8 Å². The maximum absolute atomic E-state index is 10.8. The molecule has 0 saturated heterocycles. The predicted molar refractivity (Wildman–Crippen MR) is 78.7 cm³/mol. The minimum atomic E-state index is -1.05. The third-order valence-electron chi connectivity index (χ3n) is 3.67. The van der Waals surface area contributed by atoms with Gasteiger partial charge in [-0.1, -0.05) is 0 Å². The molecule has 3 aromatic rings. The minimum Gasteiger partial charge on any atom is -0.476 e. The van der Waals surface area contributed by atoms with E-state index in [4.69, 9.17) is 5.11 Å². The molecule has 4 N–H and O–H groups in total. The number of anilines is 1. The third-order valence-corrected chi connectivity index (χ3v) is 3.67. The fourth-order valence-electron chi connectivity index (χ4n) is 2.36. The average molecular weight is 298 g/mol. The molecule has 1 saturated carbocycles. The zero-order valence-electron chi connectivity index (χ0n) is 11.6. The molecular weight excluding hydrogens is 284 g/mol. The number of fused-ring (bicyclic) bond motifs is 1. The topological polar surface area (TPSA) is 120 Å². The van der Waals surface area contributed by atoms with Crippen LogP contribution in [0.5, 0.6) is 0 Å². The van der Waals surface area contributed by atoms with Crippen molar-refractivity contribution < 1.29 is 9.90 Å². The summed E-state index contributed by atoms with van der Waals surface area (Å²) in [6.45, 7) is 0.418. The Kier molecular flexibility index (Phi) is 2.81. The van der Waals surface area contributed by atoms with Gasteiger partial charge in [-0.3, -0.25) is 5.10 Å². The van der Waals surface area contributed by atoms with Gasteiger partial charge >= 0.3 is 5.97 Å². The molecule has 1 fully saturated rings. The van der Waals surface area contributed by atoms with E-state index in [9.17, 15) is 4.79 Å². The van der Waals surface area contributed by atoms with Crippen molar-refractivity contribution in [3.05, 3.63) is 35.5 Å². The van der Waals surface area contributed by atoms with Gasteiger partial charge in [0.2, 0.25) is 0 Å². The Morgan fingerprint density at radius 2 is 2.27 bits per heavy atom. The van der Waals surface area contributed by atoms with Crippen molar-refractivity contribution in [2.45, 2.75) is 25.3 Å². The first-order chi connectivity index (χ1) is 10.7. The van der Waals surface area contributed by atoms with Gasteiger partial charge in [0.05, 0.1) is 17.6 Å². The molecule has 0 radical (unpaired) electrons. The van der Waals surface area contributed by atoms with Crippen LogP contribution in [0.3, 0.4) is 0 Å². The number of H-pyrrole nitrogens is 2. The highest BCUT2D eigenvalue weighted by Crippen LogP contribution is 2.39. The highest BCUT2D eigenvalue weighted by atomic mass is 16.4. The zero-order valence-corrected chi connectivity index (χ0v) is 11.6. The van der Waals surface area contributed by atoms with Crippen molar-refractivity contribution in [3.8, 4) is 0 Å². The standard InChI is InChI=1S/C14H14N6O2/c21-14(22)10-5-8(19-20-10)6-16-13-9-3-4-15-12(9)17-11(18-13)7-1-2-7/h3-5,7H,1-2,6H2,(H,19,20)(H,21,22)(H2,15,16,17,18). The van der Waals surface area contributed by atoms with Crippen LogP contribution in [-0.4, -0.2) is 36.2 Å². The first kappa shape index (κ1) is 12.8. The number of hydrogen-bond donors (Lipinski definition) is 4. The summed E-state index contributed by atoms with van der Waals surface area (Å²) in [6, 6.07) is 3.43. The highest BCUT2D eigenvalue weighted by Gasteiger charge is 2.27. The molecule has 0 amide bonds. The lowest BCUT2D eigenvalue weighted by molar-refractivity contribution is 0.0690. The molecule has 0 atom stereocenters. The number of nitrogens with one attached hydrogen (secondary N) is 3. The summed E-state index contributed by atoms with van der Waals surface area (Å²) in [4.78, 5) is 23.1. The van der Waals surface area contributed by atoms with E-state index < -0.39 is 5.97 Å². The second kappa shape index (κ2) is 4.83. The van der Waals surface area contributed by atoms with Crippen LogP contribution in [0.2, 0.25) is 0 Å². The normalized spacial score (nSPS) is 14.4. The minimum absolute atomic E-state index is 0.00458. The van der Waals surface area contributed by atoms with E-state index in [0.717, 1.165) is 35.5 Å². The van der Waals surface area contributed by atoms with Crippen molar-refractivity contribution in [1.29, 1.82) is 0 Å². The van der Waals surface area contributed by atoms with Gasteiger partial charge in [0.1, 0.15) is 17.3 Å². The SMILES string of the molecule is O=C(O)c1cc(CNc2nc(C3CC3)nc3[nH]ccc23)[nH]n1. The molecule has 112 valence electrons. The first-order valence-corrected chi connectivity index (χ1v) is 7.07. The maximum Gasteiger partial charge on any atom is 0.356 e. The van der Waals surface area contributed by atoms with Crippen LogP contribution in [0.4, 0.5) is 5.82 Å². The smallest absolute Gasteiger partial charge is 0.356 e. The Bertz CT molecular complexity index is 848. The zero-order chi connectivity index (χ0) is 15.1. The Morgan fingerprint density at radius 3 is 3.00 bits per heavy atom. The van der Waals surface area contributed by atoms with Gasteiger partial charge in [-0.15, -0.1) is 0 Å². The van der Waals surface area contributed by atoms with Gasteiger partial charge in [0.25, 0.3) is 0 Å². The number of nitrogens with zero attached hydrogens (tertiary/aromatic N) is 3. The molecule has 1 aliphatic rings. The largest absolute Gasteiger partial charge is 0.476 e. The van der Waals surface area contributed by atoms with Crippen molar-refractivity contribution in [1.82, 2.24) is 25.1 Å². The molecule has 3 heterocycles. The molecule has 0 spiro atoms. The van der Waals surface area contributed by atoms with Crippen LogP contribution in [0.15, 0.2) is 18.3 Å². The second-order valence-corrected chi connectivity index (χ2v) is 5.38. The highest BCUT2D eigenvalue weighted by molar-refractivity contribution is 5.87. The number of rotatable bonds is 5. The van der Waals surface area contributed by atoms with E-state index in [0.29, 0.717) is 18.2 Å².